The molecule has 106 valence electrons. The number of carbonyl (C=O) groups is 1. The second kappa shape index (κ2) is 4.89. The summed E-state index contributed by atoms with van der Waals surface area (Å²) in [5.41, 5.74) is 0.619. The van der Waals surface area contributed by atoms with Crippen LogP contribution in [-0.4, -0.2) is 23.7 Å². The average Bonchev–Trinajstić information content (AvgIpc) is 3.18. The zero-order valence-electron chi connectivity index (χ0n) is 11.4. The van der Waals surface area contributed by atoms with E-state index in [0.29, 0.717) is 29.2 Å². The molecule has 3 rings (SSSR count). The smallest absolute Gasteiger partial charge is 0.280 e. The van der Waals surface area contributed by atoms with Crippen LogP contribution in [0.1, 0.15) is 39.0 Å². The summed E-state index contributed by atoms with van der Waals surface area (Å²) in [5, 5.41) is 12.0. The second-order valence-corrected chi connectivity index (χ2v) is 6.53. The van der Waals surface area contributed by atoms with Crippen LogP contribution in [0.4, 0.5) is 4.39 Å². The molecule has 3 aliphatic carbocycles. The van der Waals surface area contributed by atoms with Gasteiger partial charge in [0.15, 0.2) is 5.83 Å². The van der Waals surface area contributed by atoms with Gasteiger partial charge in [0, 0.05) is 12.6 Å². The number of aliphatic hydroxyl groups is 1. The number of fused-ring (bicyclic) bond motifs is 1. The SMILES string of the molecule is C/C(=C(/F)C(=O)N[C@@H]1C[C@@H]2CC(CO)C[C@@H]21)C1CC1. The zero-order valence-corrected chi connectivity index (χ0v) is 11.4. The minimum Gasteiger partial charge on any atom is -0.396 e. The molecule has 0 aromatic rings. The van der Waals surface area contributed by atoms with Crippen LogP contribution in [0.25, 0.3) is 0 Å². The average molecular weight is 267 g/mol. The van der Waals surface area contributed by atoms with Crippen LogP contribution in [0.3, 0.4) is 0 Å². The first-order valence-corrected chi connectivity index (χ1v) is 7.38. The lowest BCUT2D eigenvalue weighted by molar-refractivity contribution is -0.121. The monoisotopic (exact) mass is 267 g/mol. The number of nitrogens with one attached hydrogen (secondary N) is 1. The van der Waals surface area contributed by atoms with E-state index in [9.17, 15) is 14.3 Å². The van der Waals surface area contributed by atoms with E-state index in [0.717, 1.165) is 32.1 Å². The Labute approximate surface area is 113 Å². The van der Waals surface area contributed by atoms with Gasteiger partial charge < -0.3 is 10.4 Å². The molecule has 3 fully saturated rings. The predicted octanol–water partition coefficient (Wildman–Crippen LogP) is 2.16. The molecule has 4 heteroatoms. The molecule has 3 aliphatic rings. The molecular weight excluding hydrogens is 245 g/mol. The maximum atomic E-state index is 13.9. The molecule has 0 aromatic carbocycles. The predicted molar refractivity (Wildman–Crippen MR) is 69.9 cm³/mol. The third-order valence-electron chi connectivity index (χ3n) is 5.23. The highest BCUT2D eigenvalue weighted by Crippen LogP contribution is 2.49. The number of carbonyl (C=O) groups excluding carboxylic acids is 1. The van der Waals surface area contributed by atoms with Gasteiger partial charge in [0.1, 0.15) is 0 Å². The summed E-state index contributed by atoms with van der Waals surface area (Å²) in [6.45, 7) is 1.97. The molecule has 0 heterocycles. The first-order valence-electron chi connectivity index (χ1n) is 7.38. The Bertz CT molecular complexity index is 416. The topological polar surface area (TPSA) is 49.3 Å². The fourth-order valence-electron chi connectivity index (χ4n) is 3.77. The third-order valence-corrected chi connectivity index (χ3v) is 5.23. The van der Waals surface area contributed by atoms with Crippen LogP contribution in [0.2, 0.25) is 0 Å². The molecule has 2 N–H and O–H groups in total. The summed E-state index contributed by atoms with van der Waals surface area (Å²) < 4.78 is 13.9. The molecule has 0 aromatic heterocycles. The number of amides is 1. The van der Waals surface area contributed by atoms with E-state index in [2.05, 4.69) is 5.32 Å². The van der Waals surface area contributed by atoms with Crippen molar-refractivity contribution in [2.45, 2.75) is 45.1 Å². The van der Waals surface area contributed by atoms with Gasteiger partial charge in [0.05, 0.1) is 0 Å². The molecule has 0 saturated heterocycles. The minimum absolute atomic E-state index is 0.117. The highest BCUT2D eigenvalue weighted by atomic mass is 19.1. The quantitative estimate of drug-likeness (QED) is 0.767. The van der Waals surface area contributed by atoms with Crippen molar-refractivity contribution in [2.75, 3.05) is 6.61 Å². The van der Waals surface area contributed by atoms with E-state index in [1.54, 1.807) is 6.92 Å². The number of rotatable bonds is 4. The number of hydrogen-bond acceptors (Lipinski definition) is 2. The van der Waals surface area contributed by atoms with E-state index in [1.807, 2.05) is 0 Å². The lowest BCUT2D eigenvalue weighted by Crippen LogP contribution is -2.50. The molecule has 0 bridgehead atoms. The molecule has 0 spiro atoms. The summed E-state index contributed by atoms with van der Waals surface area (Å²) >= 11 is 0. The molecular formula is C15H22FNO2. The van der Waals surface area contributed by atoms with Gasteiger partial charge in [-0.25, -0.2) is 4.39 Å². The van der Waals surface area contributed by atoms with Crippen molar-refractivity contribution < 1.29 is 14.3 Å². The van der Waals surface area contributed by atoms with Crippen molar-refractivity contribution >= 4 is 5.91 Å². The van der Waals surface area contributed by atoms with Gasteiger partial charge >= 0.3 is 0 Å². The fourth-order valence-corrected chi connectivity index (χ4v) is 3.77. The molecule has 0 radical (unpaired) electrons. The van der Waals surface area contributed by atoms with Crippen molar-refractivity contribution in [3.05, 3.63) is 11.4 Å². The van der Waals surface area contributed by atoms with E-state index >= 15 is 0 Å². The maximum absolute atomic E-state index is 13.9. The summed E-state index contributed by atoms with van der Waals surface area (Å²) in [6.07, 6.45) is 5.01. The number of halogens is 1. The first kappa shape index (κ1) is 13.1. The Morgan fingerprint density at radius 3 is 2.68 bits per heavy atom. The lowest BCUT2D eigenvalue weighted by atomic mass is 9.71. The Morgan fingerprint density at radius 2 is 2.05 bits per heavy atom. The largest absolute Gasteiger partial charge is 0.396 e. The van der Waals surface area contributed by atoms with E-state index < -0.39 is 11.7 Å². The Hall–Kier alpha value is -0.900. The normalized spacial score (nSPS) is 38.3. The van der Waals surface area contributed by atoms with Gasteiger partial charge in [0.25, 0.3) is 5.91 Å². The van der Waals surface area contributed by atoms with Crippen molar-refractivity contribution in [1.29, 1.82) is 0 Å². The fraction of sp³-hybridized carbons (Fsp3) is 0.800. The lowest BCUT2D eigenvalue weighted by Gasteiger charge is -2.40. The molecule has 3 saturated carbocycles. The van der Waals surface area contributed by atoms with Crippen LogP contribution in [-0.2, 0) is 4.79 Å². The Kier molecular flexibility index (Phi) is 3.37. The van der Waals surface area contributed by atoms with Crippen LogP contribution >= 0.6 is 0 Å². The van der Waals surface area contributed by atoms with Gasteiger partial charge in [-0.15, -0.1) is 0 Å². The van der Waals surface area contributed by atoms with E-state index in [1.165, 1.54) is 0 Å². The summed E-state index contributed by atoms with van der Waals surface area (Å²) in [6, 6.07) is 0.117. The summed E-state index contributed by atoms with van der Waals surface area (Å²) in [5.74, 6) is 0.660. The maximum Gasteiger partial charge on any atom is 0.280 e. The van der Waals surface area contributed by atoms with Crippen molar-refractivity contribution in [2.24, 2.45) is 23.7 Å². The van der Waals surface area contributed by atoms with Gasteiger partial charge in [-0.3, -0.25) is 4.79 Å². The number of hydrogen-bond donors (Lipinski definition) is 2. The summed E-state index contributed by atoms with van der Waals surface area (Å²) in [7, 11) is 0. The van der Waals surface area contributed by atoms with E-state index in [-0.39, 0.29) is 12.6 Å². The van der Waals surface area contributed by atoms with E-state index in [4.69, 9.17) is 0 Å². The third kappa shape index (κ3) is 2.42. The molecule has 0 aliphatic heterocycles. The van der Waals surface area contributed by atoms with Gasteiger partial charge in [0.2, 0.25) is 0 Å². The van der Waals surface area contributed by atoms with Crippen molar-refractivity contribution in [3.8, 4) is 0 Å². The zero-order chi connectivity index (χ0) is 13.6. The molecule has 19 heavy (non-hydrogen) atoms. The highest BCUT2D eigenvalue weighted by molar-refractivity contribution is 5.92. The minimum atomic E-state index is -0.567. The second-order valence-electron chi connectivity index (χ2n) is 6.53. The molecule has 1 unspecified atom stereocenters. The van der Waals surface area contributed by atoms with Crippen LogP contribution in [0.5, 0.6) is 0 Å². The molecule has 4 atom stereocenters. The van der Waals surface area contributed by atoms with Crippen molar-refractivity contribution in [3.63, 3.8) is 0 Å². The number of allylic oxidation sites excluding steroid dienone is 1. The van der Waals surface area contributed by atoms with Gasteiger partial charge in [-0.2, -0.15) is 0 Å². The van der Waals surface area contributed by atoms with Crippen LogP contribution in [0.15, 0.2) is 11.4 Å². The summed E-state index contributed by atoms with van der Waals surface area (Å²) in [4.78, 5) is 11.9. The molecule has 3 nitrogen and oxygen atoms in total. The van der Waals surface area contributed by atoms with Gasteiger partial charge in [-0.05, 0) is 68.3 Å². The first-order chi connectivity index (χ1) is 9.10. The van der Waals surface area contributed by atoms with Crippen LogP contribution < -0.4 is 5.32 Å². The van der Waals surface area contributed by atoms with Crippen LogP contribution in [0, 0.1) is 23.7 Å². The Balaban J connectivity index is 1.55. The standard InChI is InChI=1S/C15H22FNO2/c1-8(10-2-3-10)14(16)15(19)17-13-6-11-4-9(7-18)5-12(11)13/h9-13,18H,2-7H2,1H3,(H,17,19)/b14-8-/t9?,11-,12-,13+/m0/s1. The highest BCUT2D eigenvalue weighted by Gasteiger charge is 2.48. The molecule has 1 amide bonds. The van der Waals surface area contributed by atoms with Crippen molar-refractivity contribution in [1.82, 2.24) is 5.32 Å². The number of aliphatic hydroxyl groups excluding tert-OH is 1. The Morgan fingerprint density at radius 1 is 1.32 bits per heavy atom. The van der Waals surface area contributed by atoms with Gasteiger partial charge in [-0.1, -0.05) is 0 Å².